The number of hydrogen-bond donors (Lipinski definition) is 1. The molecule has 4 nitrogen and oxygen atoms in total. The molecular weight excluding hydrogens is 248 g/mol. The Morgan fingerprint density at radius 2 is 2.05 bits per heavy atom. The summed E-state index contributed by atoms with van der Waals surface area (Å²) in [5.74, 6) is 1.78. The average molecular weight is 278 g/mol. The Labute approximate surface area is 123 Å². The lowest BCUT2D eigenvalue weighted by molar-refractivity contribution is 0.291. The topological polar surface area (TPSA) is 33.1 Å². The summed E-state index contributed by atoms with van der Waals surface area (Å²) in [4.78, 5) is 7.38. The van der Waals surface area contributed by atoms with E-state index in [1.54, 1.807) is 0 Å². The van der Waals surface area contributed by atoms with Crippen LogP contribution in [0.1, 0.15) is 57.2 Å². The average Bonchev–Trinajstić information content (AvgIpc) is 2.83. The molecule has 0 spiro atoms. The van der Waals surface area contributed by atoms with Crippen LogP contribution in [0.3, 0.4) is 0 Å². The van der Waals surface area contributed by atoms with Gasteiger partial charge in [-0.1, -0.05) is 27.7 Å². The Bertz CT molecular complexity index is 418. The van der Waals surface area contributed by atoms with Crippen molar-refractivity contribution in [3.63, 3.8) is 0 Å². The molecule has 0 aromatic carbocycles. The fourth-order valence-corrected chi connectivity index (χ4v) is 3.07. The number of fused-ring (bicyclic) bond motifs is 1. The highest BCUT2D eigenvalue weighted by Crippen LogP contribution is 2.22. The molecule has 1 aromatic heterocycles. The maximum absolute atomic E-state index is 4.88. The van der Waals surface area contributed by atoms with E-state index in [-0.39, 0.29) is 0 Å². The summed E-state index contributed by atoms with van der Waals surface area (Å²) < 4.78 is 2.50. The monoisotopic (exact) mass is 278 g/mol. The van der Waals surface area contributed by atoms with Gasteiger partial charge in [-0.25, -0.2) is 4.98 Å². The molecule has 1 aromatic rings. The molecule has 0 fully saturated rings. The number of nitrogens with zero attached hydrogens (tertiary/aromatic N) is 3. The third-order valence-electron chi connectivity index (χ3n) is 4.28. The minimum absolute atomic E-state index is 0.508. The fourth-order valence-electron chi connectivity index (χ4n) is 3.07. The zero-order chi connectivity index (χ0) is 14.5. The zero-order valence-corrected chi connectivity index (χ0v) is 13.6. The van der Waals surface area contributed by atoms with Gasteiger partial charge in [0.15, 0.2) is 0 Å². The fraction of sp³-hybridized carbons (Fsp3) is 0.812. The van der Waals surface area contributed by atoms with Crippen LogP contribution in [0.25, 0.3) is 0 Å². The molecule has 0 aliphatic carbocycles. The first-order chi connectivity index (χ1) is 9.67. The second-order valence-corrected chi connectivity index (χ2v) is 5.98. The third-order valence-corrected chi connectivity index (χ3v) is 4.28. The van der Waals surface area contributed by atoms with E-state index >= 15 is 0 Å². The van der Waals surface area contributed by atoms with Crippen LogP contribution in [0.5, 0.6) is 0 Å². The Kier molecular flexibility index (Phi) is 5.61. The predicted octanol–water partition coefficient (Wildman–Crippen LogP) is 2.38. The van der Waals surface area contributed by atoms with Crippen LogP contribution >= 0.6 is 0 Å². The maximum atomic E-state index is 4.88. The smallest absolute Gasteiger partial charge is 0.111 e. The highest BCUT2D eigenvalue weighted by atomic mass is 15.1. The van der Waals surface area contributed by atoms with Gasteiger partial charge in [-0.2, -0.15) is 0 Å². The van der Waals surface area contributed by atoms with E-state index in [1.165, 1.54) is 30.2 Å². The van der Waals surface area contributed by atoms with Crippen molar-refractivity contribution in [3.8, 4) is 0 Å². The van der Waals surface area contributed by atoms with Crippen LogP contribution in [-0.2, 0) is 19.5 Å². The van der Waals surface area contributed by atoms with Crippen molar-refractivity contribution >= 4 is 0 Å². The van der Waals surface area contributed by atoms with Crippen molar-refractivity contribution in [2.45, 2.75) is 59.5 Å². The number of rotatable bonds is 7. The lowest BCUT2D eigenvalue weighted by atomic mass is 10.1. The Morgan fingerprint density at radius 3 is 2.70 bits per heavy atom. The molecule has 1 aliphatic heterocycles. The second-order valence-electron chi connectivity index (χ2n) is 5.98. The van der Waals surface area contributed by atoms with E-state index in [0.29, 0.717) is 5.92 Å². The molecule has 1 aliphatic rings. The lowest BCUT2D eigenvalue weighted by Crippen LogP contribution is -2.27. The summed E-state index contributed by atoms with van der Waals surface area (Å²) in [7, 11) is 0. The molecule has 114 valence electrons. The predicted molar refractivity (Wildman–Crippen MR) is 84.1 cm³/mol. The van der Waals surface area contributed by atoms with Crippen LogP contribution in [0.15, 0.2) is 0 Å². The molecule has 0 unspecified atom stereocenters. The Balaban J connectivity index is 2.07. The largest absolute Gasteiger partial charge is 0.331 e. The van der Waals surface area contributed by atoms with Crippen LogP contribution < -0.4 is 5.32 Å². The highest BCUT2D eigenvalue weighted by Gasteiger charge is 2.20. The molecule has 20 heavy (non-hydrogen) atoms. The van der Waals surface area contributed by atoms with E-state index in [1.807, 2.05) is 0 Å². The molecule has 0 saturated heterocycles. The molecular formula is C16H30N4. The van der Waals surface area contributed by atoms with Gasteiger partial charge in [0, 0.05) is 37.7 Å². The van der Waals surface area contributed by atoms with Crippen molar-refractivity contribution in [2.75, 3.05) is 26.2 Å². The first kappa shape index (κ1) is 15.5. The van der Waals surface area contributed by atoms with Crippen molar-refractivity contribution in [1.82, 2.24) is 19.8 Å². The van der Waals surface area contributed by atoms with Crippen LogP contribution in [0.2, 0.25) is 0 Å². The molecule has 2 rings (SSSR count). The van der Waals surface area contributed by atoms with Gasteiger partial charge in [0.1, 0.15) is 5.82 Å². The van der Waals surface area contributed by atoms with E-state index in [9.17, 15) is 0 Å². The summed E-state index contributed by atoms with van der Waals surface area (Å²) in [6.07, 6.45) is 2.35. The molecule has 0 saturated carbocycles. The molecule has 1 N–H and O–H groups in total. The molecule has 2 heterocycles. The van der Waals surface area contributed by atoms with E-state index in [0.717, 1.165) is 39.1 Å². The summed E-state index contributed by atoms with van der Waals surface area (Å²) in [6, 6.07) is 0. The van der Waals surface area contributed by atoms with Crippen LogP contribution in [0, 0.1) is 0 Å². The third kappa shape index (κ3) is 3.41. The van der Waals surface area contributed by atoms with Crippen molar-refractivity contribution in [3.05, 3.63) is 17.2 Å². The minimum Gasteiger partial charge on any atom is -0.331 e. The minimum atomic E-state index is 0.508. The first-order valence-corrected chi connectivity index (χ1v) is 8.18. The number of nitrogens with one attached hydrogen (secondary N) is 1. The molecule has 4 heteroatoms. The van der Waals surface area contributed by atoms with Crippen LogP contribution in [0.4, 0.5) is 0 Å². The van der Waals surface area contributed by atoms with Crippen molar-refractivity contribution in [2.24, 2.45) is 0 Å². The Hall–Kier alpha value is -0.870. The summed E-state index contributed by atoms with van der Waals surface area (Å²) in [6.45, 7) is 15.6. The number of hydrogen-bond acceptors (Lipinski definition) is 3. The standard InChI is InChI=1S/C16H30N4/c1-5-19(6-2)10-7-11-20-15-8-9-17-12-14(15)18-16(20)13(3)4/h13,17H,5-12H2,1-4H3. The van der Waals surface area contributed by atoms with Gasteiger partial charge in [0.25, 0.3) is 0 Å². The summed E-state index contributed by atoms with van der Waals surface area (Å²) >= 11 is 0. The van der Waals surface area contributed by atoms with Gasteiger partial charge in [-0.3, -0.25) is 0 Å². The second kappa shape index (κ2) is 7.23. The van der Waals surface area contributed by atoms with Gasteiger partial charge < -0.3 is 14.8 Å². The Morgan fingerprint density at radius 1 is 1.30 bits per heavy atom. The van der Waals surface area contributed by atoms with Gasteiger partial charge in [0.2, 0.25) is 0 Å². The van der Waals surface area contributed by atoms with Gasteiger partial charge >= 0.3 is 0 Å². The van der Waals surface area contributed by atoms with Crippen molar-refractivity contribution in [1.29, 1.82) is 0 Å². The number of imidazole rings is 1. The summed E-state index contributed by atoms with van der Waals surface area (Å²) in [5, 5.41) is 3.43. The quantitative estimate of drug-likeness (QED) is 0.831. The highest BCUT2D eigenvalue weighted by molar-refractivity contribution is 5.21. The van der Waals surface area contributed by atoms with Crippen molar-refractivity contribution < 1.29 is 0 Å². The molecule has 0 atom stereocenters. The molecule has 0 amide bonds. The van der Waals surface area contributed by atoms with Gasteiger partial charge in [-0.15, -0.1) is 0 Å². The summed E-state index contributed by atoms with van der Waals surface area (Å²) in [5.41, 5.74) is 2.76. The van der Waals surface area contributed by atoms with Gasteiger partial charge in [-0.05, 0) is 26.1 Å². The van der Waals surface area contributed by atoms with E-state index in [2.05, 4.69) is 42.5 Å². The van der Waals surface area contributed by atoms with E-state index < -0.39 is 0 Å². The van der Waals surface area contributed by atoms with E-state index in [4.69, 9.17) is 4.98 Å². The molecule has 0 bridgehead atoms. The maximum Gasteiger partial charge on any atom is 0.111 e. The normalized spacial score (nSPS) is 15.1. The SMILES string of the molecule is CCN(CC)CCCn1c(C(C)C)nc2c1CCNC2. The lowest BCUT2D eigenvalue weighted by Gasteiger charge is -2.20. The van der Waals surface area contributed by atoms with Gasteiger partial charge in [0.05, 0.1) is 5.69 Å². The zero-order valence-electron chi connectivity index (χ0n) is 13.6. The first-order valence-electron chi connectivity index (χ1n) is 8.18. The van der Waals surface area contributed by atoms with Crippen LogP contribution in [-0.4, -0.2) is 40.6 Å². The molecule has 0 radical (unpaired) electrons. The number of aromatic nitrogens is 2.